The molecule has 118 valence electrons. The highest BCUT2D eigenvalue weighted by Crippen LogP contribution is 2.31. The van der Waals surface area contributed by atoms with E-state index in [1.54, 1.807) is 6.92 Å². The van der Waals surface area contributed by atoms with Crippen LogP contribution >= 0.6 is 15.9 Å². The Morgan fingerprint density at radius 3 is 2.57 bits per heavy atom. The molecule has 1 aliphatic heterocycles. The fourth-order valence-electron chi connectivity index (χ4n) is 2.83. The van der Waals surface area contributed by atoms with Crippen LogP contribution in [0.25, 0.3) is 0 Å². The molecular formula is C18H17BrN2O2. The van der Waals surface area contributed by atoms with E-state index in [1.807, 2.05) is 55.5 Å². The van der Waals surface area contributed by atoms with Crippen LogP contribution in [0.15, 0.2) is 53.0 Å². The number of rotatable bonds is 3. The van der Waals surface area contributed by atoms with Gasteiger partial charge < -0.3 is 5.32 Å². The average Bonchev–Trinajstić information content (AvgIpc) is 2.72. The molecule has 2 aromatic rings. The number of benzene rings is 2. The van der Waals surface area contributed by atoms with Crippen molar-refractivity contribution in [1.82, 2.24) is 10.2 Å². The van der Waals surface area contributed by atoms with Gasteiger partial charge in [0.15, 0.2) is 0 Å². The molecule has 23 heavy (non-hydrogen) atoms. The number of carbonyl (C=O) groups is 2. The van der Waals surface area contributed by atoms with Crippen molar-refractivity contribution in [3.8, 4) is 0 Å². The van der Waals surface area contributed by atoms with Gasteiger partial charge in [-0.2, -0.15) is 0 Å². The van der Waals surface area contributed by atoms with Crippen molar-refractivity contribution in [2.45, 2.75) is 25.9 Å². The molecule has 5 heteroatoms. The van der Waals surface area contributed by atoms with E-state index < -0.39 is 5.54 Å². The van der Waals surface area contributed by atoms with Gasteiger partial charge in [-0.05, 0) is 37.1 Å². The summed E-state index contributed by atoms with van der Waals surface area (Å²) in [6.45, 7) is 4.00. The molecule has 1 heterocycles. The summed E-state index contributed by atoms with van der Waals surface area (Å²) >= 11 is 3.41. The van der Waals surface area contributed by atoms with Gasteiger partial charge >= 0.3 is 6.03 Å². The molecule has 0 aromatic heterocycles. The van der Waals surface area contributed by atoms with Gasteiger partial charge in [0.25, 0.3) is 5.91 Å². The van der Waals surface area contributed by atoms with Crippen LogP contribution in [-0.4, -0.2) is 16.8 Å². The number of halogens is 1. The second kappa shape index (κ2) is 5.81. The molecule has 1 atom stereocenters. The molecule has 1 saturated heterocycles. The highest BCUT2D eigenvalue weighted by Gasteiger charge is 2.48. The Labute approximate surface area is 143 Å². The van der Waals surface area contributed by atoms with Gasteiger partial charge in [0, 0.05) is 4.47 Å². The minimum atomic E-state index is -1.04. The Morgan fingerprint density at radius 1 is 1.13 bits per heavy atom. The summed E-state index contributed by atoms with van der Waals surface area (Å²) in [5.41, 5.74) is 1.76. The molecule has 2 aromatic carbocycles. The first kappa shape index (κ1) is 15.7. The summed E-state index contributed by atoms with van der Waals surface area (Å²) in [5, 5.41) is 2.83. The van der Waals surface area contributed by atoms with Crippen LogP contribution in [0.4, 0.5) is 4.79 Å². The van der Waals surface area contributed by atoms with Crippen molar-refractivity contribution in [2.75, 3.05) is 0 Å². The molecule has 1 fully saturated rings. The Balaban J connectivity index is 1.90. The van der Waals surface area contributed by atoms with Gasteiger partial charge in [-0.15, -0.1) is 0 Å². The van der Waals surface area contributed by atoms with Crippen molar-refractivity contribution in [2.24, 2.45) is 0 Å². The SMILES string of the molecule is Cc1cccc(CN2C(=O)NC(C)(c3cccc(Br)c3)C2=O)c1. The second-order valence-electron chi connectivity index (χ2n) is 5.95. The van der Waals surface area contributed by atoms with E-state index in [1.165, 1.54) is 4.90 Å². The number of aryl methyl sites for hydroxylation is 1. The third-order valence-electron chi connectivity index (χ3n) is 4.10. The van der Waals surface area contributed by atoms with E-state index in [9.17, 15) is 9.59 Å². The molecule has 0 saturated carbocycles. The van der Waals surface area contributed by atoms with Crippen LogP contribution in [0.5, 0.6) is 0 Å². The Hall–Kier alpha value is -2.14. The fourth-order valence-corrected chi connectivity index (χ4v) is 3.23. The number of hydrogen-bond donors (Lipinski definition) is 1. The predicted molar refractivity (Wildman–Crippen MR) is 91.8 cm³/mol. The lowest BCUT2D eigenvalue weighted by Crippen LogP contribution is -2.40. The summed E-state index contributed by atoms with van der Waals surface area (Å²) in [4.78, 5) is 26.5. The van der Waals surface area contributed by atoms with Gasteiger partial charge in [0.05, 0.1) is 6.54 Å². The number of nitrogens with zero attached hydrogens (tertiary/aromatic N) is 1. The van der Waals surface area contributed by atoms with Gasteiger partial charge in [-0.3, -0.25) is 9.69 Å². The first-order valence-corrected chi connectivity index (χ1v) is 8.15. The minimum Gasteiger partial charge on any atom is -0.319 e. The van der Waals surface area contributed by atoms with Gasteiger partial charge in [-0.1, -0.05) is 57.9 Å². The summed E-state index contributed by atoms with van der Waals surface area (Å²) in [5.74, 6) is -0.234. The largest absolute Gasteiger partial charge is 0.325 e. The van der Waals surface area contributed by atoms with E-state index in [-0.39, 0.29) is 18.5 Å². The zero-order valence-electron chi connectivity index (χ0n) is 13.0. The van der Waals surface area contributed by atoms with Crippen LogP contribution in [-0.2, 0) is 16.9 Å². The Kier molecular flexibility index (Phi) is 3.98. The van der Waals surface area contributed by atoms with Crippen molar-refractivity contribution in [3.05, 3.63) is 69.7 Å². The van der Waals surface area contributed by atoms with Crippen molar-refractivity contribution >= 4 is 27.9 Å². The fraction of sp³-hybridized carbons (Fsp3) is 0.222. The number of urea groups is 1. The average molecular weight is 373 g/mol. The van der Waals surface area contributed by atoms with Crippen molar-refractivity contribution < 1.29 is 9.59 Å². The molecule has 0 radical (unpaired) electrons. The highest BCUT2D eigenvalue weighted by atomic mass is 79.9. The van der Waals surface area contributed by atoms with Crippen LogP contribution in [0.1, 0.15) is 23.6 Å². The van der Waals surface area contributed by atoms with Crippen molar-refractivity contribution in [1.29, 1.82) is 0 Å². The number of carbonyl (C=O) groups excluding carboxylic acids is 2. The smallest absolute Gasteiger partial charge is 0.319 e. The third kappa shape index (κ3) is 2.88. The summed E-state index contributed by atoms with van der Waals surface area (Å²) in [6.07, 6.45) is 0. The molecule has 1 unspecified atom stereocenters. The third-order valence-corrected chi connectivity index (χ3v) is 4.59. The zero-order chi connectivity index (χ0) is 16.6. The maximum atomic E-state index is 12.9. The maximum Gasteiger partial charge on any atom is 0.325 e. The highest BCUT2D eigenvalue weighted by molar-refractivity contribution is 9.10. The lowest BCUT2D eigenvalue weighted by molar-refractivity contribution is -0.131. The second-order valence-corrected chi connectivity index (χ2v) is 6.86. The molecule has 0 spiro atoms. The minimum absolute atomic E-state index is 0.234. The standard InChI is InChI=1S/C18H17BrN2O2/c1-12-5-3-6-13(9-12)11-21-16(22)18(2,20-17(21)23)14-7-4-8-15(19)10-14/h3-10H,11H2,1-2H3,(H,20,23). The molecule has 0 bridgehead atoms. The van der Waals surface area contributed by atoms with E-state index in [0.29, 0.717) is 0 Å². The van der Waals surface area contributed by atoms with Crippen LogP contribution in [0.2, 0.25) is 0 Å². The number of amides is 3. The summed E-state index contributed by atoms with van der Waals surface area (Å²) in [6, 6.07) is 14.9. The van der Waals surface area contributed by atoms with Gasteiger partial charge in [0.1, 0.15) is 5.54 Å². The quantitative estimate of drug-likeness (QED) is 0.834. The molecule has 3 rings (SSSR count). The topological polar surface area (TPSA) is 49.4 Å². The first-order valence-electron chi connectivity index (χ1n) is 7.36. The summed E-state index contributed by atoms with van der Waals surface area (Å²) < 4.78 is 0.871. The monoisotopic (exact) mass is 372 g/mol. The van der Waals surface area contributed by atoms with Crippen LogP contribution < -0.4 is 5.32 Å². The molecule has 1 N–H and O–H groups in total. The molecule has 0 aliphatic carbocycles. The zero-order valence-corrected chi connectivity index (χ0v) is 14.6. The summed E-state index contributed by atoms with van der Waals surface area (Å²) in [7, 11) is 0. The molecule has 3 amide bonds. The van der Waals surface area contributed by atoms with E-state index >= 15 is 0 Å². The van der Waals surface area contributed by atoms with Gasteiger partial charge in [0.2, 0.25) is 0 Å². The lowest BCUT2D eigenvalue weighted by Gasteiger charge is -2.22. The van der Waals surface area contributed by atoms with Gasteiger partial charge in [-0.25, -0.2) is 4.79 Å². The number of hydrogen-bond acceptors (Lipinski definition) is 2. The Morgan fingerprint density at radius 2 is 1.87 bits per heavy atom. The normalized spacial score (nSPS) is 20.7. The van der Waals surface area contributed by atoms with Crippen LogP contribution in [0.3, 0.4) is 0 Å². The molecular weight excluding hydrogens is 356 g/mol. The number of nitrogens with one attached hydrogen (secondary N) is 1. The number of imide groups is 1. The van der Waals surface area contributed by atoms with Crippen LogP contribution in [0, 0.1) is 6.92 Å². The van der Waals surface area contributed by atoms with Crippen molar-refractivity contribution in [3.63, 3.8) is 0 Å². The molecule has 4 nitrogen and oxygen atoms in total. The lowest BCUT2D eigenvalue weighted by atomic mass is 9.92. The van der Waals surface area contributed by atoms with E-state index in [2.05, 4.69) is 21.2 Å². The maximum absolute atomic E-state index is 12.9. The van der Waals surface area contributed by atoms with E-state index in [4.69, 9.17) is 0 Å². The predicted octanol–water partition coefficient (Wildman–Crippen LogP) is 3.72. The molecule has 1 aliphatic rings. The van der Waals surface area contributed by atoms with E-state index in [0.717, 1.165) is 21.2 Å². The Bertz CT molecular complexity index is 790. The first-order chi connectivity index (χ1) is 10.9.